The van der Waals surface area contributed by atoms with E-state index in [2.05, 4.69) is 15.9 Å². The van der Waals surface area contributed by atoms with Gasteiger partial charge in [0.1, 0.15) is 0 Å². The highest BCUT2D eigenvalue weighted by Crippen LogP contribution is 2.22. The van der Waals surface area contributed by atoms with Gasteiger partial charge >= 0.3 is 0 Å². The second-order valence-electron chi connectivity index (χ2n) is 2.55. The minimum absolute atomic E-state index is 0.0189. The molecule has 13 heavy (non-hydrogen) atoms. The fourth-order valence-electron chi connectivity index (χ4n) is 1.08. The highest BCUT2D eigenvalue weighted by molar-refractivity contribution is 9.10. The van der Waals surface area contributed by atoms with Crippen molar-refractivity contribution >= 4 is 49.0 Å². The van der Waals surface area contributed by atoms with Gasteiger partial charge in [0.25, 0.3) is 0 Å². The summed E-state index contributed by atoms with van der Waals surface area (Å²) < 4.78 is 1.52. The molecular weight excluding hydrogens is 272 g/mol. The molecule has 4 heteroatoms. The molecule has 0 saturated heterocycles. The van der Waals surface area contributed by atoms with Crippen LogP contribution in [-0.2, 0) is 0 Å². The van der Waals surface area contributed by atoms with Crippen molar-refractivity contribution in [3.8, 4) is 0 Å². The van der Waals surface area contributed by atoms with E-state index in [1.54, 1.807) is 23.6 Å². The molecule has 0 spiro atoms. The average molecular weight is 276 g/mol. The first kappa shape index (κ1) is 9.19. The first-order valence-electron chi connectivity index (χ1n) is 3.55. The van der Waals surface area contributed by atoms with Gasteiger partial charge in [0.05, 0.1) is 4.47 Å². The van der Waals surface area contributed by atoms with Crippen LogP contribution in [0.2, 0.25) is 5.02 Å². The molecule has 2 aromatic rings. The number of fused-ring (bicyclic) bond motifs is 1. The molecular formula is C9H4BrClOS. The summed E-state index contributed by atoms with van der Waals surface area (Å²) in [6.45, 7) is 0. The lowest BCUT2D eigenvalue weighted by Gasteiger charge is -1.96. The summed E-state index contributed by atoms with van der Waals surface area (Å²) >= 11 is 10.5. The van der Waals surface area contributed by atoms with Crippen molar-refractivity contribution < 1.29 is 0 Å². The van der Waals surface area contributed by atoms with Crippen LogP contribution in [0.5, 0.6) is 0 Å². The fraction of sp³-hybridized carbons (Fsp3) is 0. The summed E-state index contributed by atoms with van der Waals surface area (Å²) in [4.78, 5) is 11.6. The lowest BCUT2D eigenvalue weighted by molar-refractivity contribution is 1.66. The van der Waals surface area contributed by atoms with Crippen LogP contribution in [0.15, 0.2) is 32.8 Å². The quantitative estimate of drug-likeness (QED) is 0.717. The van der Waals surface area contributed by atoms with Gasteiger partial charge in [-0.3, -0.25) is 4.79 Å². The molecule has 0 atom stereocenters. The Morgan fingerprint density at radius 3 is 2.92 bits per heavy atom. The van der Waals surface area contributed by atoms with Gasteiger partial charge in [-0.15, -0.1) is 11.3 Å². The number of halogens is 2. The van der Waals surface area contributed by atoms with E-state index < -0.39 is 0 Å². The monoisotopic (exact) mass is 274 g/mol. The zero-order valence-corrected chi connectivity index (χ0v) is 9.54. The highest BCUT2D eigenvalue weighted by atomic mass is 79.9. The molecule has 1 heterocycles. The average Bonchev–Trinajstić information content (AvgIpc) is 2.12. The van der Waals surface area contributed by atoms with Crippen LogP contribution >= 0.6 is 38.9 Å². The van der Waals surface area contributed by atoms with Crippen molar-refractivity contribution in [3.63, 3.8) is 0 Å². The van der Waals surface area contributed by atoms with E-state index in [0.29, 0.717) is 14.9 Å². The maximum absolute atomic E-state index is 11.6. The maximum atomic E-state index is 11.6. The summed E-state index contributed by atoms with van der Waals surface area (Å²) in [5.41, 5.74) is 0.0189. The van der Waals surface area contributed by atoms with E-state index >= 15 is 0 Å². The molecule has 0 aliphatic carbocycles. The van der Waals surface area contributed by atoms with Crippen molar-refractivity contribution in [1.29, 1.82) is 0 Å². The van der Waals surface area contributed by atoms with Crippen molar-refractivity contribution in [2.24, 2.45) is 0 Å². The van der Waals surface area contributed by atoms with Gasteiger partial charge in [0.2, 0.25) is 5.43 Å². The standard InChI is InChI=1S/C9H4BrClOS/c10-7-4-13-8-3-5(11)1-2-6(8)9(7)12/h1-4H. The number of benzene rings is 1. The smallest absolute Gasteiger partial charge is 0.202 e. The Labute approximate surface area is 92.1 Å². The Kier molecular flexibility index (Phi) is 2.41. The lowest BCUT2D eigenvalue weighted by Crippen LogP contribution is -1.99. The topological polar surface area (TPSA) is 17.1 Å². The molecule has 0 saturated carbocycles. The van der Waals surface area contributed by atoms with Gasteiger partial charge in [0, 0.05) is 20.5 Å². The third-order valence-electron chi connectivity index (χ3n) is 1.69. The molecule has 0 radical (unpaired) electrons. The van der Waals surface area contributed by atoms with Gasteiger partial charge in [-0.1, -0.05) is 11.6 Å². The van der Waals surface area contributed by atoms with E-state index in [1.165, 1.54) is 11.3 Å². The fourth-order valence-corrected chi connectivity index (χ4v) is 2.63. The third kappa shape index (κ3) is 1.64. The van der Waals surface area contributed by atoms with Gasteiger partial charge in [-0.25, -0.2) is 0 Å². The van der Waals surface area contributed by atoms with Crippen LogP contribution in [-0.4, -0.2) is 0 Å². The Bertz CT molecular complexity index is 520. The van der Waals surface area contributed by atoms with Crippen LogP contribution in [0.25, 0.3) is 10.1 Å². The van der Waals surface area contributed by atoms with Crippen LogP contribution < -0.4 is 5.43 Å². The second-order valence-corrected chi connectivity index (χ2v) is 4.76. The SMILES string of the molecule is O=c1c(Br)csc2cc(Cl)ccc12. The van der Waals surface area contributed by atoms with E-state index in [4.69, 9.17) is 11.6 Å². The maximum Gasteiger partial charge on any atom is 0.202 e. The largest absolute Gasteiger partial charge is 0.288 e. The van der Waals surface area contributed by atoms with E-state index in [-0.39, 0.29) is 5.43 Å². The minimum Gasteiger partial charge on any atom is -0.288 e. The van der Waals surface area contributed by atoms with Crippen LogP contribution in [0.4, 0.5) is 0 Å². The van der Waals surface area contributed by atoms with Gasteiger partial charge in [-0.2, -0.15) is 0 Å². The zero-order valence-electron chi connectivity index (χ0n) is 6.38. The lowest BCUT2D eigenvalue weighted by atomic mass is 10.2. The van der Waals surface area contributed by atoms with Crippen LogP contribution in [0.1, 0.15) is 0 Å². The van der Waals surface area contributed by atoms with Crippen LogP contribution in [0.3, 0.4) is 0 Å². The zero-order chi connectivity index (χ0) is 9.42. The summed E-state index contributed by atoms with van der Waals surface area (Å²) in [6.07, 6.45) is 0. The Morgan fingerprint density at radius 1 is 1.38 bits per heavy atom. The van der Waals surface area contributed by atoms with Crippen molar-refractivity contribution in [3.05, 3.63) is 43.3 Å². The van der Waals surface area contributed by atoms with Gasteiger partial charge in [-0.05, 0) is 34.1 Å². The third-order valence-corrected chi connectivity index (χ3v) is 3.77. The molecule has 0 aliphatic heterocycles. The molecule has 0 bridgehead atoms. The van der Waals surface area contributed by atoms with Crippen molar-refractivity contribution in [1.82, 2.24) is 0 Å². The summed E-state index contributed by atoms with van der Waals surface area (Å²) in [5.74, 6) is 0. The summed E-state index contributed by atoms with van der Waals surface area (Å²) in [6, 6.07) is 5.28. The molecule has 0 N–H and O–H groups in total. The normalized spacial score (nSPS) is 10.6. The molecule has 0 aliphatic rings. The predicted octanol–water partition coefficient (Wildman–Crippen LogP) is 3.68. The Hall–Kier alpha value is -0.380. The number of hydrogen-bond donors (Lipinski definition) is 0. The van der Waals surface area contributed by atoms with E-state index in [1.807, 2.05) is 0 Å². The first-order valence-corrected chi connectivity index (χ1v) is 5.60. The van der Waals surface area contributed by atoms with Crippen molar-refractivity contribution in [2.75, 3.05) is 0 Å². The second kappa shape index (κ2) is 3.40. The molecule has 2 rings (SSSR count). The summed E-state index contributed by atoms with van der Waals surface area (Å²) in [7, 11) is 0. The van der Waals surface area contributed by atoms with Gasteiger partial charge < -0.3 is 0 Å². The first-order chi connectivity index (χ1) is 6.18. The molecule has 0 fully saturated rings. The predicted molar refractivity (Wildman–Crippen MR) is 60.8 cm³/mol. The number of hydrogen-bond acceptors (Lipinski definition) is 2. The molecule has 1 nitrogen and oxygen atoms in total. The van der Waals surface area contributed by atoms with E-state index in [9.17, 15) is 4.79 Å². The van der Waals surface area contributed by atoms with Gasteiger partial charge in [0.15, 0.2) is 0 Å². The van der Waals surface area contributed by atoms with E-state index in [0.717, 1.165) is 4.70 Å². The Balaban J connectivity index is 2.95. The highest BCUT2D eigenvalue weighted by Gasteiger charge is 2.02. The van der Waals surface area contributed by atoms with Crippen LogP contribution in [0, 0.1) is 0 Å². The molecule has 66 valence electrons. The molecule has 0 amide bonds. The molecule has 1 aromatic heterocycles. The molecule has 0 unspecified atom stereocenters. The Morgan fingerprint density at radius 2 is 2.15 bits per heavy atom. The summed E-state index contributed by atoms with van der Waals surface area (Å²) in [5, 5.41) is 3.15. The van der Waals surface area contributed by atoms with Crippen molar-refractivity contribution in [2.45, 2.75) is 0 Å². The molecule has 1 aromatic carbocycles. The number of rotatable bonds is 0. The minimum atomic E-state index is 0.0189.